The number of rotatable bonds is 5. The molecule has 1 aliphatic carbocycles. The molecule has 1 N–H and O–H groups in total. The molecule has 3 aromatic rings. The van der Waals surface area contributed by atoms with Gasteiger partial charge in [-0.05, 0) is 31.9 Å². The molecular weight excluding hydrogens is 418 g/mol. The second-order valence-electron chi connectivity index (χ2n) is 9.11. The van der Waals surface area contributed by atoms with Gasteiger partial charge in [0.1, 0.15) is 22.7 Å². The number of hydrogen-bond acceptors (Lipinski definition) is 4. The molecule has 2 amide bonds. The Hall–Kier alpha value is -3.48. The van der Waals surface area contributed by atoms with Crippen molar-refractivity contribution in [3.05, 3.63) is 54.2 Å². The van der Waals surface area contributed by atoms with Gasteiger partial charge in [0.25, 0.3) is 5.91 Å². The molecule has 0 spiro atoms. The van der Waals surface area contributed by atoms with Crippen LogP contribution in [0, 0.1) is 0 Å². The fraction of sp³-hybridized carbons (Fsp3) is 0.385. The molecule has 5 rings (SSSR count). The number of carbonyl (C=O) groups is 2. The van der Waals surface area contributed by atoms with Crippen molar-refractivity contribution >= 4 is 28.4 Å². The smallest absolute Gasteiger partial charge is 0.275 e. The quantitative estimate of drug-likeness (QED) is 0.638. The van der Waals surface area contributed by atoms with E-state index in [1.807, 2.05) is 41.8 Å². The number of nitrogens with one attached hydrogen (secondary N) is 1. The van der Waals surface area contributed by atoms with Gasteiger partial charge in [0.05, 0.1) is 26.5 Å². The van der Waals surface area contributed by atoms with Gasteiger partial charge < -0.3 is 19.4 Å². The van der Waals surface area contributed by atoms with Crippen LogP contribution in [-0.4, -0.2) is 42.2 Å². The Balaban J connectivity index is 1.66. The van der Waals surface area contributed by atoms with E-state index in [9.17, 15) is 9.59 Å². The molecule has 1 aromatic heterocycles. The van der Waals surface area contributed by atoms with Crippen molar-refractivity contribution in [2.75, 3.05) is 19.1 Å². The second kappa shape index (κ2) is 8.14. The number of anilines is 1. The molecule has 0 bridgehead atoms. The van der Waals surface area contributed by atoms with Crippen LogP contribution in [0.25, 0.3) is 10.9 Å². The molecule has 1 fully saturated rings. The van der Waals surface area contributed by atoms with Crippen LogP contribution in [0.15, 0.2) is 48.5 Å². The van der Waals surface area contributed by atoms with Crippen molar-refractivity contribution in [2.45, 2.75) is 50.7 Å². The number of amides is 2. The lowest BCUT2D eigenvalue weighted by Crippen LogP contribution is -2.65. The minimum absolute atomic E-state index is 0.145. The van der Waals surface area contributed by atoms with E-state index in [2.05, 4.69) is 5.32 Å². The molecule has 7 heteroatoms. The number of para-hydroxylation sites is 1. The van der Waals surface area contributed by atoms with Gasteiger partial charge in [-0.25, -0.2) is 0 Å². The van der Waals surface area contributed by atoms with E-state index in [-0.39, 0.29) is 17.9 Å². The lowest BCUT2D eigenvalue weighted by Gasteiger charge is -2.44. The van der Waals surface area contributed by atoms with E-state index in [4.69, 9.17) is 9.47 Å². The highest BCUT2D eigenvalue weighted by atomic mass is 16.5. The zero-order chi connectivity index (χ0) is 23.2. The van der Waals surface area contributed by atoms with Crippen molar-refractivity contribution < 1.29 is 19.1 Å². The Morgan fingerprint density at radius 3 is 2.36 bits per heavy atom. The van der Waals surface area contributed by atoms with Gasteiger partial charge in [-0.3, -0.25) is 14.5 Å². The van der Waals surface area contributed by atoms with E-state index in [0.29, 0.717) is 29.4 Å². The van der Waals surface area contributed by atoms with E-state index in [1.54, 1.807) is 37.3 Å². The Morgan fingerprint density at radius 2 is 1.70 bits per heavy atom. The van der Waals surface area contributed by atoms with Gasteiger partial charge >= 0.3 is 0 Å². The molecular formula is C26H29N3O4. The molecule has 1 atom stereocenters. The molecule has 172 valence electrons. The lowest BCUT2D eigenvalue weighted by atomic mass is 9.93. The van der Waals surface area contributed by atoms with Crippen LogP contribution in [0.5, 0.6) is 11.5 Å². The van der Waals surface area contributed by atoms with Gasteiger partial charge in [0.15, 0.2) is 0 Å². The fourth-order valence-electron chi connectivity index (χ4n) is 5.18. The number of carbonyl (C=O) groups excluding carboxylic acids is 2. The van der Waals surface area contributed by atoms with Crippen LogP contribution in [0.3, 0.4) is 0 Å². The summed E-state index contributed by atoms with van der Waals surface area (Å²) in [4.78, 5) is 29.4. The summed E-state index contributed by atoms with van der Waals surface area (Å²) < 4.78 is 12.9. The molecule has 2 aliphatic rings. The summed E-state index contributed by atoms with van der Waals surface area (Å²) >= 11 is 0. The lowest BCUT2D eigenvalue weighted by molar-refractivity contribution is -0.127. The second-order valence-corrected chi connectivity index (χ2v) is 9.11. The van der Waals surface area contributed by atoms with Crippen LogP contribution in [0.4, 0.5) is 5.69 Å². The monoisotopic (exact) mass is 447 g/mol. The number of aromatic nitrogens is 1. The molecule has 1 aliphatic heterocycles. The Bertz CT molecular complexity index is 1210. The van der Waals surface area contributed by atoms with Gasteiger partial charge in [-0.1, -0.05) is 31.0 Å². The SMILES string of the molecule is COc1cc(OC)cc(N2C(=O)c3cc4ccccc4n3CC2(C)C(=O)NC2CCCC2)c1. The minimum atomic E-state index is -1.13. The third kappa shape index (κ3) is 3.52. The predicted molar refractivity (Wildman–Crippen MR) is 127 cm³/mol. The highest BCUT2D eigenvalue weighted by Crippen LogP contribution is 2.39. The standard InChI is InChI=1S/C26H29N3O4/c1-26(25(31)27-18-9-5-6-10-18)16-28-22-11-7-4-8-17(22)12-23(28)24(30)29(26)19-13-20(32-2)15-21(14-19)33-3/h4,7-8,11-15,18H,5-6,9-10,16H2,1-3H3,(H,27,31). The van der Waals surface area contributed by atoms with Gasteiger partial charge in [-0.15, -0.1) is 0 Å². The highest BCUT2D eigenvalue weighted by molar-refractivity contribution is 6.14. The number of methoxy groups -OCH3 is 2. The average molecular weight is 448 g/mol. The number of benzene rings is 2. The summed E-state index contributed by atoms with van der Waals surface area (Å²) in [5.74, 6) is 0.744. The molecule has 2 heterocycles. The molecule has 33 heavy (non-hydrogen) atoms. The first kappa shape index (κ1) is 21.4. The maximum atomic E-state index is 14.0. The van der Waals surface area contributed by atoms with Crippen molar-refractivity contribution in [3.8, 4) is 11.5 Å². The molecule has 1 unspecified atom stereocenters. The first-order valence-corrected chi connectivity index (χ1v) is 11.4. The van der Waals surface area contributed by atoms with Crippen LogP contribution in [-0.2, 0) is 11.3 Å². The van der Waals surface area contributed by atoms with Gasteiger partial charge in [0.2, 0.25) is 5.91 Å². The predicted octanol–water partition coefficient (Wildman–Crippen LogP) is 4.14. The number of ether oxygens (including phenoxy) is 2. The van der Waals surface area contributed by atoms with Gasteiger partial charge in [0, 0.05) is 35.1 Å². The average Bonchev–Trinajstić information content (AvgIpc) is 3.46. The third-order valence-electron chi connectivity index (χ3n) is 6.97. The summed E-state index contributed by atoms with van der Waals surface area (Å²) in [5.41, 5.74) is 0.941. The fourth-order valence-corrected chi connectivity index (χ4v) is 5.18. The topological polar surface area (TPSA) is 72.8 Å². The number of hydrogen-bond donors (Lipinski definition) is 1. The van der Waals surface area contributed by atoms with Crippen LogP contribution in [0.2, 0.25) is 0 Å². The first-order chi connectivity index (χ1) is 15.9. The number of nitrogens with zero attached hydrogens (tertiary/aromatic N) is 2. The van der Waals surface area contributed by atoms with Crippen molar-refractivity contribution in [3.63, 3.8) is 0 Å². The van der Waals surface area contributed by atoms with Crippen LogP contribution >= 0.6 is 0 Å². The van der Waals surface area contributed by atoms with E-state index in [0.717, 1.165) is 36.6 Å². The van der Waals surface area contributed by atoms with E-state index in [1.165, 1.54) is 0 Å². The summed E-state index contributed by atoms with van der Waals surface area (Å²) in [7, 11) is 3.14. The van der Waals surface area contributed by atoms with Gasteiger partial charge in [-0.2, -0.15) is 0 Å². The van der Waals surface area contributed by atoms with Crippen molar-refractivity contribution in [1.82, 2.24) is 9.88 Å². The van der Waals surface area contributed by atoms with Crippen LogP contribution in [0.1, 0.15) is 43.1 Å². The zero-order valence-electron chi connectivity index (χ0n) is 19.3. The molecule has 2 aromatic carbocycles. The van der Waals surface area contributed by atoms with E-state index >= 15 is 0 Å². The summed E-state index contributed by atoms with van der Waals surface area (Å²) in [6.07, 6.45) is 4.18. The third-order valence-corrected chi connectivity index (χ3v) is 6.97. The summed E-state index contributed by atoms with van der Waals surface area (Å²) in [6.45, 7) is 2.19. The highest BCUT2D eigenvalue weighted by Gasteiger charge is 2.49. The Kier molecular flexibility index (Phi) is 5.27. The zero-order valence-corrected chi connectivity index (χ0v) is 19.3. The maximum absolute atomic E-state index is 14.0. The van der Waals surface area contributed by atoms with Crippen molar-refractivity contribution in [1.29, 1.82) is 0 Å². The summed E-state index contributed by atoms with van der Waals surface area (Å²) in [5, 5.41) is 4.21. The molecule has 1 saturated carbocycles. The minimum Gasteiger partial charge on any atom is -0.497 e. The number of fused-ring (bicyclic) bond motifs is 3. The Labute approximate surface area is 193 Å². The summed E-state index contributed by atoms with van der Waals surface area (Å²) in [6, 6.07) is 15.2. The molecule has 0 saturated heterocycles. The normalized spacial score (nSPS) is 20.7. The first-order valence-electron chi connectivity index (χ1n) is 11.4. The molecule has 7 nitrogen and oxygen atoms in total. The van der Waals surface area contributed by atoms with Crippen molar-refractivity contribution in [2.24, 2.45) is 0 Å². The Morgan fingerprint density at radius 1 is 1.03 bits per heavy atom. The van der Waals surface area contributed by atoms with Crippen LogP contribution < -0.4 is 19.7 Å². The molecule has 0 radical (unpaired) electrons. The van der Waals surface area contributed by atoms with E-state index < -0.39 is 5.54 Å². The maximum Gasteiger partial charge on any atom is 0.275 e. The largest absolute Gasteiger partial charge is 0.497 e.